The average molecular weight is 403 g/mol. The van der Waals surface area contributed by atoms with Crippen LogP contribution in [0.15, 0.2) is 36.4 Å². The number of aromatic hydroxyl groups is 1. The van der Waals surface area contributed by atoms with Gasteiger partial charge in [0.15, 0.2) is 12.4 Å². The number of carbonyl (C=O) groups is 2. The van der Waals surface area contributed by atoms with E-state index in [1.807, 2.05) is 0 Å². The van der Waals surface area contributed by atoms with Crippen molar-refractivity contribution in [1.82, 2.24) is 0 Å². The maximum Gasteiger partial charge on any atom is 0.342 e. The molecule has 1 aliphatic rings. The molecule has 2 aromatic carbocycles. The molecule has 1 heterocycles. The van der Waals surface area contributed by atoms with Crippen LogP contribution in [0.25, 0.3) is 0 Å². The smallest absolute Gasteiger partial charge is 0.342 e. The third kappa shape index (κ3) is 3.87. The van der Waals surface area contributed by atoms with Crippen LogP contribution in [-0.2, 0) is 21.2 Å². The predicted molar refractivity (Wildman–Crippen MR) is 104 cm³/mol. The van der Waals surface area contributed by atoms with E-state index in [0.29, 0.717) is 17.7 Å². The Hall–Kier alpha value is -2.87. The van der Waals surface area contributed by atoms with Crippen molar-refractivity contribution in [3.8, 4) is 5.75 Å². The second-order valence-corrected chi connectivity index (χ2v) is 8.83. The molecule has 0 aromatic heterocycles. The fourth-order valence-corrected chi connectivity index (χ4v) is 4.65. The van der Waals surface area contributed by atoms with Gasteiger partial charge in [-0.1, -0.05) is 6.07 Å². The van der Waals surface area contributed by atoms with Gasteiger partial charge in [0.1, 0.15) is 11.3 Å². The molecule has 1 aliphatic heterocycles. The molecule has 0 spiro atoms. The highest BCUT2D eigenvalue weighted by Crippen LogP contribution is 2.34. The van der Waals surface area contributed by atoms with E-state index >= 15 is 0 Å². The summed E-state index contributed by atoms with van der Waals surface area (Å²) in [5, 5.41) is 9.83. The highest BCUT2D eigenvalue weighted by atomic mass is 32.2. The number of hydrogen-bond donors (Lipinski definition) is 1. The minimum Gasteiger partial charge on any atom is -0.507 e. The number of nitrogens with zero attached hydrogens (tertiary/aromatic N) is 1. The standard InChI is InChI=1S/C20H21NO6S/c1-12-4-6-16(18(22)8-12)20(24)27-11-19(23)14-5-7-17-15(10-14)9-13(2)21(17)28(3,25)26/h4-8,10,13,22H,9,11H2,1-3H3/t13-/m1/s1. The molecule has 0 amide bonds. The summed E-state index contributed by atoms with van der Waals surface area (Å²) in [5.41, 5.74) is 2.44. The van der Waals surface area contributed by atoms with Crippen molar-refractivity contribution in [3.63, 3.8) is 0 Å². The van der Waals surface area contributed by atoms with E-state index in [2.05, 4.69) is 0 Å². The van der Waals surface area contributed by atoms with Gasteiger partial charge in [-0.25, -0.2) is 13.2 Å². The van der Waals surface area contributed by atoms with E-state index in [4.69, 9.17) is 4.74 Å². The molecule has 7 nitrogen and oxygen atoms in total. The summed E-state index contributed by atoms with van der Waals surface area (Å²) in [6.45, 7) is 3.10. The molecule has 0 bridgehead atoms. The number of carbonyl (C=O) groups excluding carboxylic acids is 2. The molecule has 0 saturated carbocycles. The monoisotopic (exact) mass is 403 g/mol. The van der Waals surface area contributed by atoms with Crippen molar-refractivity contribution in [2.24, 2.45) is 0 Å². The molecule has 0 unspecified atom stereocenters. The molecule has 0 radical (unpaired) electrons. The number of ketones is 1. The number of Topliss-reactive ketones (excluding diaryl/α,β-unsaturated/α-hetero) is 1. The number of aryl methyl sites for hydroxylation is 1. The predicted octanol–water partition coefficient (Wildman–Crippen LogP) is 2.45. The number of ether oxygens (including phenoxy) is 1. The molecular weight excluding hydrogens is 382 g/mol. The Morgan fingerprint density at radius 2 is 1.93 bits per heavy atom. The van der Waals surface area contributed by atoms with Crippen LogP contribution in [-0.4, -0.2) is 44.2 Å². The Bertz CT molecular complexity index is 1060. The SMILES string of the molecule is Cc1ccc(C(=O)OCC(=O)c2ccc3c(c2)C[C@@H](C)N3S(C)(=O)=O)c(O)c1. The first-order valence-electron chi connectivity index (χ1n) is 8.70. The topological polar surface area (TPSA) is 101 Å². The lowest BCUT2D eigenvalue weighted by molar-refractivity contribution is 0.0472. The van der Waals surface area contributed by atoms with Gasteiger partial charge in [0.05, 0.1) is 11.9 Å². The van der Waals surface area contributed by atoms with Crippen LogP contribution < -0.4 is 4.31 Å². The van der Waals surface area contributed by atoms with Crippen molar-refractivity contribution in [2.75, 3.05) is 17.2 Å². The van der Waals surface area contributed by atoms with E-state index in [0.717, 1.165) is 17.4 Å². The molecule has 28 heavy (non-hydrogen) atoms. The second-order valence-electron chi connectivity index (χ2n) is 6.98. The summed E-state index contributed by atoms with van der Waals surface area (Å²) in [5.74, 6) is -1.40. The first-order chi connectivity index (χ1) is 13.1. The first-order valence-corrected chi connectivity index (χ1v) is 10.5. The fraction of sp³-hybridized carbons (Fsp3) is 0.300. The maximum atomic E-state index is 12.4. The number of rotatable bonds is 5. The van der Waals surface area contributed by atoms with Gasteiger partial charge in [0.25, 0.3) is 0 Å². The minimum atomic E-state index is -3.40. The Balaban J connectivity index is 1.72. The number of phenolic OH excluding ortho intramolecular Hbond substituents is 1. The van der Waals surface area contributed by atoms with E-state index in [9.17, 15) is 23.1 Å². The minimum absolute atomic E-state index is 0.00928. The molecular formula is C20H21NO6S. The normalized spacial score (nSPS) is 16.0. The molecule has 148 valence electrons. The summed E-state index contributed by atoms with van der Waals surface area (Å²) in [4.78, 5) is 24.5. The molecule has 1 atom stereocenters. The maximum absolute atomic E-state index is 12.4. The van der Waals surface area contributed by atoms with Crippen LogP contribution in [0, 0.1) is 6.92 Å². The lowest BCUT2D eigenvalue weighted by Crippen LogP contribution is -2.34. The van der Waals surface area contributed by atoms with Gasteiger partial charge in [-0.3, -0.25) is 9.10 Å². The van der Waals surface area contributed by atoms with Crippen LogP contribution in [0.3, 0.4) is 0 Å². The van der Waals surface area contributed by atoms with Crippen molar-refractivity contribution in [1.29, 1.82) is 0 Å². The van der Waals surface area contributed by atoms with Gasteiger partial charge in [0, 0.05) is 11.6 Å². The second kappa shape index (κ2) is 7.27. The van der Waals surface area contributed by atoms with Crippen molar-refractivity contribution < 1.29 is 27.9 Å². The Morgan fingerprint density at radius 1 is 1.21 bits per heavy atom. The zero-order valence-corrected chi connectivity index (χ0v) is 16.6. The van der Waals surface area contributed by atoms with E-state index < -0.39 is 28.4 Å². The summed E-state index contributed by atoms with van der Waals surface area (Å²) < 4.78 is 30.3. The highest BCUT2D eigenvalue weighted by Gasteiger charge is 2.32. The van der Waals surface area contributed by atoms with Crippen molar-refractivity contribution in [2.45, 2.75) is 26.3 Å². The largest absolute Gasteiger partial charge is 0.507 e. The van der Waals surface area contributed by atoms with Crippen LogP contribution in [0.5, 0.6) is 5.75 Å². The van der Waals surface area contributed by atoms with Crippen molar-refractivity contribution >= 4 is 27.5 Å². The van der Waals surface area contributed by atoms with Crippen LogP contribution in [0.2, 0.25) is 0 Å². The van der Waals surface area contributed by atoms with E-state index in [-0.39, 0.29) is 17.4 Å². The van der Waals surface area contributed by atoms with E-state index in [1.54, 1.807) is 32.0 Å². The van der Waals surface area contributed by atoms with Gasteiger partial charge in [-0.2, -0.15) is 0 Å². The summed E-state index contributed by atoms with van der Waals surface area (Å²) in [6, 6.07) is 9.07. The zero-order valence-electron chi connectivity index (χ0n) is 15.8. The lowest BCUT2D eigenvalue weighted by atomic mass is 10.0. The molecule has 0 saturated heterocycles. The van der Waals surface area contributed by atoms with Crippen LogP contribution in [0.4, 0.5) is 5.69 Å². The highest BCUT2D eigenvalue weighted by molar-refractivity contribution is 7.92. The van der Waals surface area contributed by atoms with Crippen LogP contribution >= 0.6 is 0 Å². The lowest BCUT2D eigenvalue weighted by Gasteiger charge is -2.21. The number of hydrogen-bond acceptors (Lipinski definition) is 6. The summed E-state index contributed by atoms with van der Waals surface area (Å²) in [7, 11) is -3.40. The van der Waals surface area contributed by atoms with E-state index in [1.165, 1.54) is 22.5 Å². The molecule has 2 aromatic rings. The third-order valence-corrected chi connectivity index (χ3v) is 5.89. The molecule has 8 heteroatoms. The zero-order chi connectivity index (χ0) is 20.6. The van der Waals surface area contributed by atoms with Crippen LogP contribution in [0.1, 0.15) is 38.8 Å². The molecule has 3 rings (SSSR count). The first kappa shape index (κ1) is 19.9. The van der Waals surface area contributed by atoms with Crippen molar-refractivity contribution in [3.05, 3.63) is 58.7 Å². The van der Waals surface area contributed by atoms with Gasteiger partial charge in [-0.05, 0) is 61.7 Å². The van der Waals surface area contributed by atoms with Gasteiger partial charge in [0.2, 0.25) is 10.0 Å². The average Bonchev–Trinajstić information content (AvgIpc) is 2.94. The molecule has 1 N–H and O–H groups in total. The Labute approximate surface area is 163 Å². The number of phenols is 1. The van der Waals surface area contributed by atoms with Gasteiger partial charge >= 0.3 is 5.97 Å². The fourth-order valence-electron chi connectivity index (χ4n) is 3.39. The third-order valence-electron chi connectivity index (χ3n) is 4.62. The number of esters is 1. The van der Waals surface area contributed by atoms with Gasteiger partial charge in [-0.15, -0.1) is 0 Å². The quantitative estimate of drug-likeness (QED) is 0.608. The number of benzene rings is 2. The molecule has 0 aliphatic carbocycles. The number of fused-ring (bicyclic) bond motifs is 1. The number of anilines is 1. The Morgan fingerprint density at radius 3 is 2.57 bits per heavy atom. The summed E-state index contributed by atoms with van der Waals surface area (Å²) >= 11 is 0. The molecule has 0 fully saturated rings. The Kier molecular flexibility index (Phi) is 5.16. The summed E-state index contributed by atoms with van der Waals surface area (Å²) in [6.07, 6.45) is 1.65. The number of sulfonamides is 1. The van der Waals surface area contributed by atoms with Gasteiger partial charge < -0.3 is 9.84 Å².